The number of carbonyl (C=O) groups is 1. The second-order valence-corrected chi connectivity index (χ2v) is 5.80. The highest BCUT2D eigenvalue weighted by Crippen LogP contribution is 2.10. The maximum Gasteiger partial charge on any atom is 0.234 e. The van der Waals surface area contributed by atoms with Crippen LogP contribution in [0.5, 0.6) is 0 Å². The molecule has 0 aromatic heterocycles. The van der Waals surface area contributed by atoms with E-state index >= 15 is 0 Å². The van der Waals surface area contributed by atoms with Gasteiger partial charge in [0.25, 0.3) is 0 Å². The van der Waals surface area contributed by atoms with Crippen LogP contribution in [-0.4, -0.2) is 43.0 Å². The van der Waals surface area contributed by atoms with Gasteiger partial charge in [-0.1, -0.05) is 23.7 Å². The Kier molecular flexibility index (Phi) is 5.83. The van der Waals surface area contributed by atoms with Gasteiger partial charge in [-0.05, 0) is 43.5 Å². The predicted octanol–water partition coefficient (Wildman–Crippen LogP) is 1.42. The van der Waals surface area contributed by atoms with Gasteiger partial charge in [0.1, 0.15) is 0 Å². The molecule has 0 unspecified atom stereocenters. The lowest BCUT2D eigenvalue weighted by Crippen LogP contribution is -2.47. The summed E-state index contributed by atoms with van der Waals surface area (Å²) in [5.74, 6) is 0.0705. The van der Waals surface area contributed by atoms with E-state index in [2.05, 4.69) is 10.2 Å². The van der Waals surface area contributed by atoms with Crippen LogP contribution in [0, 0.1) is 0 Å². The zero-order valence-electron chi connectivity index (χ0n) is 11.6. The van der Waals surface area contributed by atoms with E-state index in [0.717, 1.165) is 42.9 Å². The van der Waals surface area contributed by atoms with Crippen LogP contribution in [-0.2, 0) is 11.2 Å². The molecule has 1 fully saturated rings. The summed E-state index contributed by atoms with van der Waals surface area (Å²) in [5, 5.41) is 3.68. The highest BCUT2D eigenvalue weighted by Gasteiger charge is 2.18. The maximum absolute atomic E-state index is 11.9. The van der Waals surface area contributed by atoms with Crippen molar-refractivity contribution < 1.29 is 4.79 Å². The van der Waals surface area contributed by atoms with E-state index in [4.69, 9.17) is 17.3 Å². The van der Waals surface area contributed by atoms with Crippen LogP contribution in [0.15, 0.2) is 24.3 Å². The van der Waals surface area contributed by atoms with Crippen LogP contribution in [0.4, 0.5) is 0 Å². The van der Waals surface area contributed by atoms with Crippen LogP contribution in [0.25, 0.3) is 0 Å². The van der Waals surface area contributed by atoms with Gasteiger partial charge in [-0.25, -0.2) is 0 Å². The summed E-state index contributed by atoms with van der Waals surface area (Å²) in [6.45, 7) is 2.87. The highest BCUT2D eigenvalue weighted by atomic mass is 35.5. The summed E-state index contributed by atoms with van der Waals surface area (Å²) < 4.78 is 0. The van der Waals surface area contributed by atoms with Crippen molar-refractivity contribution in [1.29, 1.82) is 0 Å². The standard InChI is InChI=1S/C15H22ClN3O/c16-13-4-1-3-12(9-13)6-7-18-15(20)11-19-8-2-5-14(17)10-19/h1,3-4,9,14H,2,5-8,10-11,17H2,(H,18,20)/t14-/m1/s1. The molecule has 1 aliphatic rings. The molecule has 1 aromatic rings. The van der Waals surface area contributed by atoms with Crippen LogP contribution in [0.2, 0.25) is 5.02 Å². The number of rotatable bonds is 5. The fourth-order valence-corrected chi connectivity index (χ4v) is 2.75. The van der Waals surface area contributed by atoms with Crippen molar-refractivity contribution >= 4 is 17.5 Å². The third kappa shape index (κ3) is 5.12. The molecule has 1 atom stereocenters. The van der Waals surface area contributed by atoms with Crippen LogP contribution in [0.3, 0.4) is 0 Å². The maximum atomic E-state index is 11.9. The molecule has 0 aliphatic carbocycles. The van der Waals surface area contributed by atoms with Crippen molar-refractivity contribution in [2.45, 2.75) is 25.3 Å². The summed E-state index contributed by atoms with van der Waals surface area (Å²) in [6.07, 6.45) is 2.94. The van der Waals surface area contributed by atoms with E-state index in [-0.39, 0.29) is 11.9 Å². The minimum atomic E-state index is 0.0705. The first-order valence-corrected chi connectivity index (χ1v) is 7.50. The van der Waals surface area contributed by atoms with Crippen molar-refractivity contribution in [2.24, 2.45) is 5.73 Å². The molecule has 1 heterocycles. The largest absolute Gasteiger partial charge is 0.355 e. The zero-order valence-corrected chi connectivity index (χ0v) is 12.4. The third-order valence-corrected chi connectivity index (χ3v) is 3.77. The molecule has 0 radical (unpaired) electrons. The Morgan fingerprint density at radius 3 is 3.10 bits per heavy atom. The van der Waals surface area contributed by atoms with Gasteiger partial charge in [0.2, 0.25) is 5.91 Å². The van der Waals surface area contributed by atoms with Crippen LogP contribution >= 0.6 is 11.6 Å². The third-order valence-electron chi connectivity index (χ3n) is 3.53. The van der Waals surface area contributed by atoms with Gasteiger partial charge in [-0.2, -0.15) is 0 Å². The molecule has 0 bridgehead atoms. The summed E-state index contributed by atoms with van der Waals surface area (Å²) in [5.41, 5.74) is 7.04. The number of nitrogens with two attached hydrogens (primary N) is 1. The second-order valence-electron chi connectivity index (χ2n) is 5.37. The average Bonchev–Trinajstić information content (AvgIpc) is 2.38. The minimum Gasteiger partial charge on any atom is -0.355 e. The second kappa shape index (κ2) is 7.62. The van der Waals surface area contributed by atoms with E-state index in [9.17, 15) is 4.79 Å². The summed E-state index contributed by atoms with van der Waals surface area (Å²) in [7, 11) is 0. The van der Waals surface area contributed by atoms with Gasteiger partial charge >= 0.3 is 0 Å². The van der Waals surface area contributed by atoms with E-state index in [0.29, 0.717) is 13.1 Å². The van der Waals surface area contributed by atoms with Gasteiger partial charge < -0.3 is 11.1 Å². The smallest absolute Gasteiger partial charge is 0.234 e. The lowest BCUT2D eigenvalue weighted by Gasteiger charge is -2.29. The number of carbonyl (C=O) groups excluding carboxylic acids is 1. The van der Waals surface area contributed by atoms with Crippen molar-refractivity contribution in [1.82, 2.24) is 10.2 Å². The number of hydrogen-bond donors (Lipinski definition) is 2. The van der Waals surface area contributed by atoms with Crippen molar-refractivity contribution in [3.05, 3.63) is 34.9 Å². The molecule has 4 nitrogen and oxygen atoms in total. The van der Waals surface area contributed by atoms with Crippen molar-refractivity contribution in [2.75, 3.05) is 26.2 Å². The molecule has 110 valence electrons. The van der Waals surface area contributed by atoms with Crippen molar-refractivity contribution in [3.63, 3.8) is 0 Å². The molecular formula is C15H22ClN3O. The lowest BCUT2D eigenvalue weighted by molar-refractivity contribution is -0.122. The highest BCUT2D eigenvalue weighted by molar-refractivity contribution is 6.30. The Balaban J connectivity index is 1.67. The fraction of sp³-hybridized carbons (Fsp3) is 0.533. The number of hydrogen-bond acceptors (Lipinski definition) is 3. The van der Waals surface area contributed by atoms with E-state index in [1.807, 2.05) is 24.3 Å². The zero-order chi connectivity index (χ0) is 14.4. The Bertz CT molecular complexity index is 452. The van der Waals surface area contributed by atoms with Gasteiger partial charge in [0, 0.05) is 24.2 Å². The van der Waals surface area contributed by atoms with E-state index < -0.39 is 0 Å². The molecule has 3 N–H and O–H groups in total. The number of likely N-dealkylation sites (tertiary alicyclic amines) is 1. The van der Waals surface area contributed by atoms with Crippen LogP contribution in [0.1, 0.15) is 18.4 Å². The topological polar surface area (TPSA) is 58.4 Å². The molecule has 1 saturated heterocycles. The fourth-order valence-electron chi connectivity index (χ4n) is 2.53. The predicted molar refractivity (Wildman–Crippen MR) is 81.8 cm³/mol. The molecule has 1 aromatic carbocycles. The quantitative estimate of drug-likeness (QED) is 0.864. The van der Waals surface area contributed by atoms with Crippen molar-refractivity contribution in [3.8, 4) is 0 Å². The normalized spacial score (nSPS) is 19.8. The molecule has 20 heavy (non-hydrogen) atoms. The number of piperidine rings is 1. The van der Waals surface area contributed by atoms with Gasteiger partial charge in [0.05, 0.1) is 6.54 Å². The minimum absolute atomic E-state index is 0.0705. The van der Waals surface area contributed by atoms with E-state index in [1.165, 1.54) is 0 Å². The van der Waals surface area contributed by atoms with Gasteiger partial charge in [-0.15, -0.1) is 0 Å². The first-order chi connectivity index (χ1) is 9.63. The first-order valence-electron chi connectivity index (χ1n) is 7.12. The summed E-state index contributed by atoms with van der Waals surface area (Å²) in [6, 6.07) is 7.93. The van der Waals surface area contributed by atoms with Crippen LogP contribution < -0.4 is 11.1 Å². The molecule has 0 saturated carbocycles. The number of halogens is 1. The number of nitrogens with zero attached hydrogens (tertiary/aromatic N) is 1. The summed E-state index contributed by atoms with van der Waals surface area (Å²) >= 11 is 5.92. The molecule has 1 amide bonds. The molecular weight excluding hydrogens is 274 g/mol. The summed E-state index contributed by atoms with van der Waals surface area (Å²) in [4.78, 5) is 14.0. The Labute approximate surface area is 125 Å². The Hall–Kier alpha value is -1.10. The van der Waals surface area contributed by atoms with Gasteiger partial charge in [0.15, 0.2) is 0 Å². The molecule has 5 heteroatoms. The molecule has 2 rings (SSSR count). The Morgan fingerprint density at radius 2 is 2.35 bits per heavy atom. The molecule has 1 aliphatic heterocycles. The number of nitrogens with one attached hydrogen (secondary N) is 1. The SMILES string of the molecule is N[C@@H]1CCCN(CC(=O)NCCc2cccc(Cl)c2)C1. The lowest BCUT2D eigenvalue weighted by atomic mass is 10.1. The van der Waals surface area contributed by atoms with Gasteiger partial charge in [-0.3, -0.25) is 9.69 Å². The number of amides is 1. The molecule has 0 spiro atoms. The average molecular weight is 296 g/mol. The number of benzene rings is 1. The van der Waals surface area contributed by atoms with E-state index in [1.54, 1.807) is 0 Å². The monoisotopic (exact) mass is 295 g/mol. The first kappa shape index (κ1) is 15.3. The Morgan fingerprint density at radius 1 is 1.50 bits per heavy atom.